The van der Waals surface area contributed by atoms with Crippen molar-refractivity contribution in [3.63, 3.8) is 0 Å². The molecule has 1 aliphatic rings. The van der Waals surface area contributed by atoms with Gasteiger partial charge in [-0.15, -0.1) is 0 Å². The number of carbonyl (C=O) groups is 1. The van der Waals surface area contributed by atoms with Crippen molar-refractivity contribution in [2.75, 3.05) is 25.1 Å². The molecule has 0 radical (unpaired) electrons. The van der Waals surface area contributed by atoms with Crippen LogP contribution < -0.4 is 9.64 Å². The van der Waals surface area contributed by atoms with Gasteiger partial charge in [0.05, 0.1) is 18.7 Å². The van der Waals surface area contributed by atoms with Crippen molar-refractivity contribution in [3.05, 3.63) is 35.7 Å². The Kier molecular flexibility index (Phi) is 6.48. The summed E-state index contributed by atoms with van der Waals surface area (Å²) in [6.45, 7) is 2.81. The Hall–Kier alpha value is -2.84. The number of carboxylic acids is 1. The number of anilines is 1. The Morgan fingerprint density at radius 2 is 2.00 bits per heavy atom. The second kappa shape index (κ2) is 8.89. The van der Waals surface area contributed by atoms with Gasteiger partial charge in [-0.2, -0.15) is 13.2 Å². The molecule has 3 rings (SSSR count). The molecule has 0 spiro atoms. The van der Waals surface area contributed by atoms with Crippen molar-refractivity contribution in [3.8, 4) is 17.0 Å². The first-order chi connectivity index (χ1) is 14.2. The smallest absolute Gasteiger partial charge is 0.389 e. The summed E-state index contributed by atoms with van der Waals surface area (Å²) < 4.78 is 43.3. The largest absolute Gasteiger partial charge is 0.496 e. The molecule has 30 heavy (non-hydrogen) atoms. The first-order valence-corrected chi connectivity index (χ1v) is 9.73. The van der Waals surface area contributed by atoms with Crippen LogP contribution in [0.25, 0.3) is 11.3 Å². The number of aromatic nitrogens is 2. The second-order valence-corrected chi connectivity index (χ2v) is 7.43. The molecule has 1 fully saturated rings. The summed E-state index contributed by atoms with van der Waals surface area (Å²) >= 11 is 0. The molecule has 6 nitrogen and oxygen atoms in total. The number of methoxy groups -OCH3 is 1. The van der Waals surface area contributed by atoms with E-state index in [4.69, 9.17) is 4.74 Å². The third kappa shape index (κ3) is 5.20. The lowest BCUT2D eigenvalue weighted by Crippen LogP contribution is -2.37. The number of nitrogens with zero attached hydrogens (tertiary/aromatic N) is 3. The van der Waals surface area contributed by atoms with E-state index in [0.29, 0.717) is 43.2 Å². The third-order valence-corrected chi connectivity index (χ3v) is 5.29. The topological polar surface area (TPSA) is 75.6 Å². The van der Waals surface area contributed by atoms with Crippen LogP contribution in [0.4, 0.5) is 19.0 Å². The van der Waals surface area contributed by atoms with Crippen LogP contribution in [0.5, 0.6) is 5.75 Å². The Morgan fingerprint density at radius 3 is 2.60 bits per heavy atom. The zero-order chi connectivity index (χ0) is 21.9. The van der Waals surface area contributed by atoms with Gasteiger partial charge in [-0.3, -0.25) is 9.78 Å². The monoisotopic (exact) mass is 423 g/mol. The fourth-order valence-electron chi connectivity index (χ4n) is 3.53. The highest BCUT2D eigenvalue weighted by Crippen LogP contribution is 2.34. The van der Waals surface area contributed by atoms with Crippen molar-refractivity contribution in [1.29, 1.82) is 0 Å². The standard InChI is InChI=1S/C21H24F3N3O3/c1-13-3-4-15(11-17(13)30-2)18-19(27-9-6-14(7-10-27)20(28)29)26-16(12-25-18)5-8-21(22,23)24/h3-4,11-12,14H,5-10H2,1-2H3,(H,28,29). The predicted molar refractivity (Wildman–Crippen MR) is 106 cm³/mol. The van der Waals surface area contributed by atoms with E-state index >= 15 is 0 Å². The number of aliphatic carboxylic acids is 1. The molecule has 1 aliphatic heterocycles. The van der Waals surface area contributed by atoms with Crippen LogP contribution in [0.3, 0.4) is 0 Å². The van der Waals surface area contributed by atoms with Crippen LogP contribution in [0.1, 0.15) is 30.5 Å². The lowest BCUT2D eigenvalue weighted by Gasteiger charge is -2.32. The van der Waals surface area contributed by atoms with Crippen LogP contribution in [-0.2, 0) is 11.2 Å². The summed E-state index contributed by atoms with van der Waals surface area (Å²) in [5, 5.41) is 9.23. The SMILES string of the molecule is COc1cc(-c2ncc(CCC(F)(F)F)nc2N2CCC(C(=O)O)CC2)ccc1C. The van der Waals surface area contributed by atoms with E-state index < -0.39 is 24.5 Å². The Labute approximate surface area is 172 Å². The molecule has 0 unspecified atom stereocenters. The van der Waals surface area contributed by atoms with Gasteiger partial charge < -0.3 is 14.7 Å². The quantitative estimate of drug-likeness (QED) is 0.749. The molecule has 1 aromatic carbocycles. The number of piperidine rings is 1. The van der Waals surface area contributed by atoms with Crippen LogP contribution in [0.2, 0.25) is 0 Å². The minimum absolute atomic E-state index is 0.255. The van der Waals surface area contributed by atoms with Crippen LogP contribution >= 0.6 is 0 Å². The molecule has 0 atom stereocenters. The molecule has 0 saturated carbocycles. The summed E-state index contributed by atoms with van der Waals surface area (Å²) in [5.74, 6) is -0.107. The van der Waals surface area contributed by atoms with Crippen molar-refractivity contribution in [1.82, 2.24) is 9.97 Å². The van der Waals surface area contributed by atoms with Gasteiger partial charge >= 0.3 is 12.1 Å². The summed E-state index contributed by atoms with van der Waals surface area (Å²) in [6, 6.07) is 5.57. The number of carboxylic acid groups (broad SMARTS) is 1. The van der Waals surface area contributed by atoms with Gasteiger partial charge in [0.2, 0.25) is 0 Å². The van der Waals surface area contributed by atoms with Crippen LogP contribution in [0.15, 0.2) is 24.4 Å². The fraction of sp³-hybridized carbons (Fsp3) is 0.476. The molecule has 9 heteroatoms. The van der Waals surface area contributed by atoms with E-state index in [2.05, 4.69) is 9.97 Å². The average molecular weight is 423 g/mol. The molecule has 1 N–H and O–H groups in total. The van der Waals surface area contributed by atoms with Gasteiger partial charge in [0.25, 0.3) is 0 Å². The maximum atomic E-state index is 12.7. The molecule has 2 aromatic rings. The van der Waals surface area contributed by atoms with Gasteiger partial charge in [-0.1, -0.05) is 12.1 Å². The number of halogens is 3. The van der Waals surface area contributed by atoms with E-state index in [1.54, 1.807) is 7.11 Å². The number of benzene rings is 1. The zero-order valence-corrected chi connectivity index (χ0v) is 16.9. The highest BCUT2D eigenvalue weighted by molar-refractivity contribution is 5.75. The number of aryl methyl sites for hydroxylation is 2. The lowest BCUT2D eigenvalue weighted by molar-refractivity contribution is -0.142. The first-order valence-electron chi connectivity index (χ1n) is 9.73. The normalized spacial score (nSPS) is 15.3. The van der Waals surface area contributed by atoms with Crippen molar-refractivity contribution >= 4 is 11.8 Å². The Bertz CT molecular complexity index is 910. The van der Waals surface area contributed by atoms with E-state index in [1.807, 2.05) is 30.0 Å². The fourth-order valence-corrected chi connectivity index (χ4v) is 3.53. The number of hydrogen-bond acceptors (Lipinski definition) is 5. The van der Waals surface area contributed by atoms with E-state index in [1.165, 1.54) is 6.20 Å². The Balaban J connectivity index is 1.96. The summed E-state index contributed by atoms with van der Waals surface area (Å²) in [6.07, 6.45) is -3.24. The van der Waals surface area contributed by atoms with Crippen LogP contribution in [0, 0.1) is 12.8 Å². The zero-order valence-electron chi connectivity index (χ0n) is 16.9. The van der Waals surface area contributed by atoms with Crippen molar-refractivity contribution in [2.45, 2.75) is 38.8 Å². The minimum Gasteiger partial charge on any atom is -0.496 e. The number of ether oxygens (including phenoxy) is 1. The highest BCUT2D eigenvalue weighted by Gasteiger charge is 2.29. The third-order valence-electron chi connectivity index (χ3n) is 5.29. The van der Waals surface area contributed by atoms with Crippen molar-refractivity contribution < 1.29 is 27.8 Å². The maximum Gasteiger partial charge on any atom is 0.389 e. The summed E-state index contributed by atoms with van der Waals surface area (Å²) in [4.78, 5) is 22.1. The average Bonchev–Trinajstić information content (AvgIpc) is 2.72. The van der Waals surface area contributed by atoms with E-state index in [-0.39, 0.29) is 12.1 Å². The molecule has 0 aliphatic carbocycles. The first kappa shape index (κ1) is 21.9. The van der Waals surface area contributed by atoms with Crippen molar-refractivity contribution in [2.24, 2.45) is 5.92 Å². The predicted octanol–water partition coefficient (Wildman–Crippen LogP) is 4.26. The summed E-state index contributed by atoms with van der Waals surface area (Å²) in [7, 11) is 1.57. The van der Waals surface area contributed by atoms with Gasteiger partial charge in [-0.25, -0.2) is 4.98 Å². The van der Waals surface area contributed by atoms with Gasteiger partial charge in [0, 0.05) is 31.3 Å². The number of rotatable bonds is 6. The Morgan fingerprint density at radius 1 is 1.30 bits per heavy atom. The molecule has 0 bridgehead atoms. The van der Waals surface area contributed by atoms with E-state index in [0.717, 1.165) is 11.1 Å². The van der Waals surface area contributed by atoms with Crippen LogP contribution in [-0.4, -0.2) is 47.4 Å². The molecule has 1 saturated heterocycles. The van der Waals surface area contributed by atoms with E-state index in [9.17, 15) is 23.1 Å². The number of hydrogen-bond donors (Lipinski definition) is 1. The second-order valence-electron chi connectivity index (χ2n) is 7.43. The molecule has 162 valence electrons. The molecule has 2 heterocycles. The van der Waals surface area contributed by atoms with Gasteiger partial charge in [0.1, 0.15) is 11.4 Å². The molecule has 1 aromatic heterocycles. The maximum absolute atomic E-state index is 12.7. The molecular weight excluding hydrogens is 399 g/mol. The molecule has 0 amide bonds. The lowest BCUT2D eigenvalue weighted by atomic mass is 9.96. The minimum atomic E-state index is -4.27. The highest BCUT2D eigenvalue weighted by atomic mass is 19.4. The molecular formula is C21H24F3N3O3. The van der Waals surface area contributed by atoms with Gasteiger partial charge in [-0.05, 0) is 37.8 Å². The summed E-state index contributed by atoms with van der Waals surface area (Å²) in [5.41, 5.74) is 2.48. The number of alkyl halides is 3. The van der Waals surface area contributed by atoms with Gasteiger partial charge in [0.15, 0.2) is 5.82 Å².